The molecule has 4 aromatic rings. The molecule has 11 N–H and O–H groups in total. The molecule has 3 heterocycles. The molecule has 0 saturated carbocycles. The zero-order valence-electron chi connectivity index (χ0n) is 27.9. The second-order valence-electron chi connectivity index (χ2n) is 12.5. The van der Waals surface area contributed by atoms with Crippen LogP contribution in [0.15, 0.2) is 71.2 Å². The Morgan fingerprint density at radius 2 is 1.31 bits per heavy atom. The van der Waals surface area contributed by atoms with E-state index in [1.807, 2.05) is 0 Å². The first kappa shape index (κ1) is 38.4. The molecule has 0 bridgehead atoms. The lowest BCUT2D eigenvalue weighted by molar-refractivity contribution is -0.278. The number of carbonyl (C=O) groups is 1. The van der Waals surface area contributed by atoms with Crippen molar-refractivity contribution in [2.45, 2.75) is 61.4 Å². The number of rotatable bonds is 10. The topological polar surface area (TPSA) is 297 Å². The number of aliphatic hydroxyl groups excluding tert-OH is 7. The fourth-order valence-electron chi connectivity index (χ4n) is 5.75. The van der Waals surface area contributed by atoms with Crippen LogP contribution in [-0.2, 0) is 19.0 Å². The number of carbonyl (C=O) groups excluding carboxylic acids is 1. The number of aliphatic hydroxyl groups is 7. The lowest BCUT2D eigenvalue weighted by atomic mass is 9.99. The molecule has 1 aromatic heterocycles. The Hall–Kier alpha value is -5.28. The summed E-state index contributed by atoms with van der Waals surface area (Å²) < 4.78 is 34.2. The molecule has 288 valence electrons. The number of phenols is 4. The summed E-state index contributed by atoms with van der Waals surface area (Å²) in [5, 5.41) is 113. The summed E-state index contributed by atoms with van der Waals surface area (Å²) in [6, 6.07) is 13.0. The summed E-state index contributed by atoms with van der Waals surface area (Å²) in [5.41, 5.74) is 0.551. The van der Waals surface area contributed by atoms with E-state index in [0.717, 1.165) is 30.3 Å². The van der Waals surface area contributed by atoms with Crippen LogP contribution in [0, 0.1) is 0 Å². The van der Waals surface area contributed by atoms with Crippen LogP contribution in [0.4, 0.5) is 0 Å². The molecule has 3 aromatic carbocycles. The van der Waals surface area contributed by atoms with Crippen LogP contribution in [0.25, 0.3) is 28.4 Å². The van der Waals surface area contributed by atoms with Crippen molar-refractivity contribution in [2.75, 3.05) is 13.2 Å². The average molecular weight is 758 g/mol. The molecule has 2 aliphatic rings. The summed E-state index contributed by atoms with van der Waals surface area (Å²) in [5.74, 6) is -3.00. The number of fused-ring (bicyclic) bond motifs is 1. The third kappa shape index (κ3) is 8.11. The van der Waals surface area contributed by atoms with E-state index in [1.54, 1.807) is 12.1 Å². The van der Waals surface area contributed by atoms with Gasteiger partial charge in [0, 0.05) is 24.3 Å². The maximum Gasteiger partial charge on any atom is 0.402 e. The van der Waals surface area contributed by atoms with E-state index in [-0.39, 0.29) is 39.5 Å². The van der Waals surface area contributed by atoms with E-state index < -0.39 is 97.8 Å². The summed E-state index contributed by atoms with van der Waals surface area (Å²) in [4.78, 5) is 12.4. The van der Waals surface area contributed by atoms with Crippen LogP contribution in [0.1, 0.15) is 5.56 Å². The van der Waals surface area contributed by atoms with Crippen molar-refractivity contribution in [1.29, 1.82) is 0 Å². The Bertz CT molecular complexity index is 1980. The molecule has 0 unspecified atom stereocenters. The minimum Gasteiger partial charge on any atom is -0.508 e. The summed E-state index contributed by atoms with van der Waals surface area (Å²) in [6.07, 6.45) is -14.6. The van der Waals surface area contributed by atoms with Crippen molar-refractivity contribution >= 4 is 23.0 Å². The van der Waals surface area contributed by atoms with Crippen LogP contribution < -0.4 is 9.47 Å². The smallest absolute Gasteiger partial charge is 0.402 e. The number of aromatic hydroxyl groups is 4. The van der Waals surface area contributed by atoms with E-state index in [4.69, 9.17) is 28.1 Å². The van der Waals surface area contributed by atoms with E-state index in [0.29, 0.717) is 5.56 Å². The first-order valence-corrected chi connectivity index (χ1v) is 16.4. The Kier molecular flexibility index (Phi) is 11.4. The molecule has 0 aliphatic carbocycles. The molecule has 54 heavy (non-hydrogen) atoms. The molecule has 0 amide bonds. The number of hydrogen-bond acceptors (Lipinski definition) is 17. The van der Waals surface area contributed by atoms with Gasteiger partial charge in [-0.3, -0.25) is 0 Å². The quantitative estimate of drug-likeness (QED) is 0.0433. The average Bonchev–Trinajstić information content (AvgIpc) is 3.15. The third-order valence-electron chi connectivity index (χ3n) is 8.74. The van der Waals surface area contributed by atoms with Gasteiger partial charge < -0.3 is 79.9 Å². The van der Waals surface area contributed by atoms with Gasteiger partial charge in [-0.25, -0.2) is 9.21 Å². The van der Waals surface area contributed by atoms with Gasteiger partial charge >= 0.3 is 17.3 Å². The van der Waals surface area contributed by atoms with Gasteiger partial charge in [-0.1, -0.05) is 12.1 Å². The predicted molar refractivity (Wildman–Crippen MR) is 181 cm³/mol. The van der Waals surface area contributed by atoms with Gasteiger partial charge in [-0.15, -0.1) is 0 Å². The fourth-order valence-corrected chi connectivity index (χ4v) is 5.75. The van der Waals surface area contributed by atoms with Gasteiger partial charge in [0.2, 0.25) is 18.3 Å². The third-order valence-corrected chi connectivity index (χ3v) is 8.74. The van der Waals surface area contributed by atoms with E-state index in [2.05, 4.69) is 0 Å². The van der Waals surface area contributed by atoms with Crippen molar-refractivity contribution < 1.29 is 89.1 Å². The maximum absolute atomic E-state index is 12.4. The second-order valence-corrected chi connectivity index (χ2v) is 12.5. The zero-order valence-corrected chi connectivity index (χ0v) is 27.9. The standard InChI is InChI=1S/C36H36O18/c37-13-25-28(43)30(45)32(47)35(53-25)51-23-11-18(39)10-22-19(23)12-24(34(50-22)16-4-7-20(40)21(41)9-16)52-36-33(48)31(46)29(44)26(54-36)14-49-27(42)8-3-15-1-5-17(38)6-2-15/h1-12,25-26,28-33,35-37,43-48H,13-14H2,(H3-,38,39,40,41,42)/p+1/t25-,26+,28+,29+,30-,31-,32-,33+,35+,36+/m0/s1. The summed E-state index contributed by atoms with van der Waals surface area (Å²) in [7, 11) is 0. The van der Waals surface area contributed by atoms with Crippen molar-refractivity contribution in [3.05, 3.63) is 72.3 Å². The number of hydrogen-bond donors (Lipinski definition) is 11. The summed E-state index contributed by atoms with van der Waals surface area (Å²) >= 11 is 0. The molecular formula is C36H37O18+. The molecule has 6 rings (SSSR count). The van der Waals surface area contributed by atoms with Crippen molar-refractivity contribution in [3.63, 3.8) is 0 Å². The minimum absolute atomic E-state index is 0.00305. The van der Waals surface area contributed by atoms with E-state index in [1.165, 1.54) is 30.3 Å². The Balaban J connectivity index is 1.31. The van der Waals surface area contributed by atoms with Gasteiger partial charge in [0.25, 0.3) is 0 Å². The van der Waals surface area contributed by atoms with Crippen molar-refractivity contribution in [2.24, 2.45) is 0 Å². The van der Waals surface area contributed by atoms with Crippen LogP contribution >= 0.6 is 0 Å². The fraction of sp³-hybridized carbons (Fsp3) is 0.333. The Labute approximate surface area is 304 Å². The number of ether oxygens (including phenoxy) is 5. The van der Waals surface area contributed by atoms with Crippen LogP contribution in [0.5, 0.6) is 34.5 Å². The molecule has 2 saturated heterocycles. The highest BCUT2D eigenvalue weighted by Gasteiger charge is 2.47. The highest BCUT2D eigenvalue weighted by Crippen LogP contribution is 2.43. The second kappa shape index (κ2) is 16.0. The normalized spacial score (nSPS) is 28.6. The van der Waals surface area contributed by atoms with Gasteiger partial charge in [0.05, 0.1) is 18.2 Å². The Morgan fingerprint density at radius 1 is 0.685 bits per heavy atom. The maximum atomic E-state index is 12.4. The number of benzene rings is 3. The lowest BCUT2D eigenvalue weighted by Gasteiger charge is -2.39. The van der Waals surface area contributed by atoms with Gasteiger partial charge in [0.1, 0.15) is 78.1 Å². The van der Waals surface area contributed by atoms with Crippen molar-refractivity contribution in [1.82, 2.24) is 0 Å². The summed E-state index contributed by atoms with van der Waals surface area (Å²) in [6.45, 7) is -1.36. The van der Waals surface area contributed by atoms with E-state index in [9.17, 15) is 61.0 Å². The molecule has 0 spiro atoms. The van der Waals surface area contributed by atoms with Gasteiger partial charge in [0.15, 0.2) is 11.5 Å². The number of esters is 1. The minimum atomic E-state index is -1.91. The SMILES string of the molecule is O=C(/C=C/c1ccc(O)cc1)OC[C@H]1O[C@@H](Oc2cc3c(O[C@@H]4O[C@@H](CO)[C@@H](O)[C@H](O)[C@@H]4O)cc(O)cc3[o+]c2-c2ccc(O)c(O)c2)[C@H](O)[C@@H](O)[C@@H]1O. The molecule has 10 atom stereocenters. The zero-order chi connectivity index (χ0) is 38.8. The van der Waals surface area contributed by atoms with Crippen LogP contribution in [0.2, 0.25) is 0 Å². The predicted octanol–water partition coefficient (Wildman–Crippen LogP) is -0.175. The largest absolute Gasteiger partial charge is 0.508 e. The molecule has 18 heteroatoms. The highest BCUT2D eigenvalue weighted by atomic mass is 16.7. The van der Waals surface area contributed by atoms with E-state index >= 15 is 0 Å². The monoisotopic (exact) mass is 757 g/mol. The van der Waals surface area contributed by atoms with Crippen LogP contribution in [-0.4, -0.2) is 137 Å². The highest BCUT2D eigenvalue weighted by molar-refractivity contribution is 5.89. The van der Waals surface area contributed by atoms with Crippen LogP contribution in [0.3, 0.4) is 0 Å². The first-order chi connectivity index (χ1) is 25.7. The van der Waals surface area contributed by atoms with Gasteiger partial charge in [-0.05, 0) is 35.9 Å². The molecule has 2 aliphatic heterocycles. The molecular weight excluding hydrogens is 720 g/mol. The Morgan fingerprint density at radius 3 is 1.96 bits per heavy atom. The molecule has 0 radical (unpaired) electrons. The molecule has 18 nitrogen and oxygen atoms in total. The van der Waals surface area contributed by atoms with Crippen molar-refractivity contribution in [3.8, 4) is 45.8 Å². The first-order valence-electron chi connectivity index (χ1n) is 16.4. The number of phenolic OH excluding ortho intramolecular Hbond substituents is 4. The van der Waals surface area contributed by atoms with Gasteiger partial charge in [-0.2, -0.15) is 0 Å². The lowest BCUT2D eigenvalue weighted by Crippen LogP contribution is -2.60. The molecule has 2 fully saturated rings.